The van der Waals surface area contributed by atoms with Crippen molar-refractivity contribution in [2.45, 2.75) is 19.4 Å². The Morgan fingerprint density at radius 2 is 2.05 bits per heavy atom. The average Bonchev–Trinajstić information content (AvgIpc) is 2.80. The second-order valence-corrected chi connectivity index (χ2v) is 5.40. The van der Waals surface area contributed by atoms with Crippen LogP contribution in [0.25, 0.3) is 0 Å². The van der Waals surface area contributed by atoms with Gasteiger partial charge in [-0.05, 0) is 19.1 Å². The van der Waals surface area contributed by atoms with Gasteiger partial charge in [0.2, 0.25) is 11.8 Å². The van der Waals surface area contributed by atoms with Crippen LogP contribution in [-0.4, -0.2) is 43.0 Å². The Balaban J connectivity index is 2.00. The van der Waals surface area contributed by atoms with Crippen LogP contribution in [0, 0.1) is 17.6 Å². The van der Waals surface area contributed by atoms with Gasteiger partial charge in [0.15, 0.2) is 0 Å². The number of methoxy groups -OCH3 is 1. The predicted molar refractivity (Wildman–Crippen MR) is 76.1 cm³/mol. The maximum atomic E-state index is 13.1. The van der Waals surface area contributed by atoms with Gasteiger partial charge < -0.3 is 15.0 Å². The van der Waals surface area contributed by atoms with Crippen molar-refractivity contribution in [3.63, 3.8) is 0 Å². The van der Waals surface area contributed by atoms with Gasteiger partial charge in [-0.3, -0.25) is 9.59 Å². The van der Waals surface area contributed by atoms with Gasteiger partial charge in [0.05, 0.1) is 18.6 Å². The zero-order valence-corrected chi connectivity index (χ0v) is 12.4. The zero-order valence-electron chi connectivity index (χ0n) is 12.4. The minimum absolute atomic E-state index is 0.0401. The number of carbonyl (C=O) groups is 2. The highest BCUT2D eigenvalue weighted by Gasteiger charge is 2.36. The molecule has 1 saturated heterocycles. The van der Waals surface area contributed by atoms with E-state index < -0.39 is 23.5 Å². The summed E-state index contributed by atoms with van der Waals surface area (Å²) in [7, 11) is 1.54. The molecule has 1 aliphatic heterocycles. The number of nitrogens with one attached hydrogen (secondary N) is 1. The number of ether oxygens (including phenoxy) is 1. The first kappa shape index (κ1) is 16.4. The van der Waals surface area contributed by atoms with Gasteiger partial charge in [0, 0.05) is 31.8 Å². The lowest BCUT2D eigenvalue weighted by molar-refractivity contribution is -0.130. The fourth-order valence-corrected chi connectivity index (χ4v) is 2.53. The molecule has 1 N–H and O–H groups in total. The molecule has 7 heteroatoms. The largest absolute Gasteiger partial charge is 0.383 e. The topological polar surface area (TPSA) is 58.6 Å². The maximum Gasteiger partial charge on any atom is 0.229 e. The third-order valence-electron chi connectivity index (χ3n) is 3.60. The van der Waals surface area contributed by atoms with E-state index in [1.54, 1.807) is 12.0 Å². The van der Waals surface area contributed by atoms with E-state index in [2.05, 4.69) is 5.32 Å². The third kappa shape index (κ3) is 3.79. The summed E-state index contributed by atoms with van der Waals surface area (Å²) >= 11 is 0. The molecule has 120 valence electrons. The van der Waals surface area contributed by atoms with Crippen LogP contribution in [0.1, 0.15) is 13.3 Å². The lowest BCUT2D eigenvalue weighted by Crippen LogP contribution is -2.38. The van der Waals surface area contributed by atoms with Crippen molar-refractivity contribution < 1.29 is 23.1 Å². The number of rotatable bonds is 5. The zero-order chi connectivity index (χ0) is 16.3. The van der Waals surface area contributed by atoms with Crippen molar-refractivity contribution >= 4 is 17.5 Å². The molecule has 1 aromatic rings. The summed E-state index contributed by atoms with van der Waals surface area (Å²) in [6.45, 7) is 2.49. The van der Waals surface area contributed by atoms with Gasteiger partial charge in [-0.1, -0.05) is 0 Å². The number of carbonyl (C=O) groups excluding carboxylic acids is 2. The molecule has 0 unspecified atom stereocenters. The van der Waals surface area contributed by atoms with Crippen LogP contribution in [0.5, 0.6) is 0 Å². The second-order valence-electron chi connectivity index (χ2n) is 5.40. The number of anilines is 1. The van der Waals surface area contributed by atoms with Crippen LogP contribution in [0.4, 0.5) is 14.5 Å². The Morgan fingerprint density at radius 1 is 1.41 bits per heavy atom. The summed E-state index contributed by atoms with van der Waals surface area (Å²) in [5.74, 6) is -2.64. The van der Waals surface area contributed by atoms with Crippen molar-refractivity contribution in [1.82, 2.24) is 4.90 Å². The van der Waals surface area contributed by atoms with Crippen molar-refractivity contribution in [3.05, 3.63) is 29.8 Å². The summed E-state index contributed by atoms with van der Waals surface area (Å²) in [5.41, 5.74) is 0.0401. The number of hydrogen-bond acceptors (Lipinski definition) is 3. The first-order valence-corrected chi connectivity index (χ1v) is 6.96. The number of benzene rings is 1. The summed E-state index contributed by atoms with van der Waals surface area (Å²) in [4.78, 5) is 25.7. The molecule has 0 radical (unpaired) electrons. The summed E-state index contributed by atoms with van der Waals surface area (Å²) in [6, 6.07) is 2.66. The highest BCUT2D eigenvalue weighted by Crippen LogP contribution is 2.22. The molecule has 2 rings (SSSR count). The van der Waals surface area contributed by atoms with E-state index >= 15 is 0 Å². The molecule has 22 heavy (non-hydrogen) atoms. The van der Waals surface area contributed by atoms with Crippen molar-refractivity contribution in [1.29, 1.82) is 0 Å². The van der Waals surface area contributed by atoms with E-state index in [0.29, 0.717) is 6.61 Å². The number of hydrogen-bond donors (Lipinski definition) is 1. The number of halogens is 2. The van der Waals surface area contributed by atoms with E-state index in [9.17, 15) is 18.4 Å². The number of likely N-dealkylation sites (tertiary alicyclic amines) is 1. The van der Waals surface area contributed by atoms with E-state index in [1.807, 2.05) is 6.92 Å². The highest BCUT2D eigenvalue weighted by atomic mass is 19.1. The third-order valence-corrected chi connectivity index (χ3v) is 3.60. The second kappa shape index (κ2) is 6.83. The number of nitrogens with zero attached hydrogens (tertiary/aromatic N) is 1. The van der Waals surface area contributed by atoms with Gasteiger partial charge in [0.25, 0.3) is 0 Å². The molecule has 1 heterocycles. The smallest absolute Gasteiger partial charge is 0.229 e. The van der Waals surface area contributed by atoms with Crippen LogP contribution in [-0.2, 0) is 14.3 Å². The van der Waals surface area contributed by atoms with Gasteiger partial charge in [-0.25, -0.2) is 8.78 Å². The van der Waals surface area contributed by atoms with Crippen LogP contribution in [0.15, 0.2) is 18.2 Å². The first-order valence-electron chi connectivity index (χ1n) is 6.96. The Labute approximate surface area is 127 Å². The molecule has 0 saturated carbocycles. The predicted octanol–water partition coefficient (Wildman–Crippen LogP) is 1.79. The number of amides is 2. The van der Waals surface area contributed by atoms with Crippen LogP contribution in [0.2, 0.25) is 0 Å². The standard InChI is InChI=1S/C15H18F2N2O3/c1-9(8-22-2)19-7-10(3-14(19)20)15(21)18-13-5-11(16)4-12(17)6-13/h4-6,9-10H,3,7-8H2,1-2H3,(H,18,21)/t9-,10-/m1/s1. The highest BCUT2D eigenvalue weighted by molar-refractivity contribution is 5.97. The SMILES string of the molecule is COC[C@@H](C)N1C[C@H](C(=O)Nc2cc(F)cc(F)c2)CC1=O. The molecular weight excluding hydrogens is 294 g/mol. The van der Waals surface area contributed by atoms with Gasteiger partial charge >= 0.3 is 0 Å². The van der Waals surface area contributed by atoms with E-state index in [0.717, 1.165) is 18.2 Å². The van der Waals surface area contributed by atoms with Crippen LogP contribution >= 0.6 is 0 Å². The lowest BCUT2D eigenvalue weighted by Gasteiger charge is -2.23. The summed E-state index contributed by atoms with van der Waals surface area (Å²) in [5, 5.41) is 2.45. The van der Waals surface area contributed by atoms with Crippen LogP contribution in [0.3, 0.4) is 0 Å². The van der Waals surface area contributed by atoms with Gasteiger partial charge in [-0.15, -0.1) is 0 Å². The average molecular weight is 312 g/mol. The van der Waals surface area contributed by atoms with Crippen LogP contribution < -0.4 is 5.32 Å². The molecule has 0 aliphatic carbocycles. The molecule has 0 spiro atoms. The quantitative estimate of drug-likeness (QED) is 0.902. The fourth-order valence-electron chi connectivity index (χ4n) is 2.53. The van der Waals surface area contributed by atoms with E-state index in [-0.39, 0.29) is 30.6 Å². The van der Waals surface area contributed by atoms with Crippen molar-refractivity contribution in [3.8, 4) is 0 Å². The summed E-state index contributed by atoms with van der Waals surface area (Å²) < 4.78 is 31.2. The van der Waals surface area contributed by atoms with Crippen molar-refractivity contribution in [2.75, 3.05) is 25.6 Å². The Morgan fingerprint density at radius 3 is 2.64 bits per heavy atom. The van der Waals surface area contributed by atoms with E-state index in [1.165, 1.54) is 0 Å². The Bertz CT molecular complexity index is 560. The van der Waals surface area contributed by atoms with E-state index in [4.69, 9.17) is 4.74 Å². The Kier molecular flexibility index (Phi) is 5.07. The minimum atomic E-state index is -0.770. The molecule has 1 fully saturated rings. The van der Waals surface area contributed by atoms with Gasteiger partial charge in [0.1, 0.15) is 11.6 Å². The monoisotopic (exact) mass is 312 g/mol. The van der Waals surface area contributed by atoms with Gasteiger partial charge in [-0.2, -0.15) is 0 Å². The normalized spacial score (nSPS) is 19.4. The molecule has 0 aromatic heterocycles. The molecular formula is C15H18F2N2O3. The summed E-state index contributed by atoms with van der Waals surface area (Å²) in [6.07, 6.45) is 0.0810. The molecule has 5 nitrogen and oxygen atoms in total. The molecule has 2 amide bonds. The molecule has 2 atom stereocenters. The maximum absolute atomic E-state index is 13.1. The molecule has 1 aliphatic rings. The first-order chi connectivity index (χ1) is 10.4. The molecule has 0 bridgehead atoms. The molecule has 1 aromatic carbocycles. The fraction of sp³-hybridized carbons (Fsp3) is 0.467. The van der Waals surface area contributed by atoms with Crippen molar-refractivity contribution in [2.24, 2.45) is 5.92 Å². The minimum Gasteiger partial charge on any atom is -0.383 e. The Hall–Kier alpha value is -2.02. The lowest BCUT2D eigenvalue weighted by atomic mass is 10.1.